The Hall–Kier alpha value is -1.03. The molecule has 0 saturated heterocycles. The lowest BCUT2D eigenvalue weighted by atomic mass is 10.2. The molecule has 2 nitrogen and oxygen atoms in total. The minimum Gasteiger partial charge on any atom is -0.384 e. The normalized spacial score (nSPS) is 10.8. The summed E-state index contributed by atoms with van der Waals surface area (Å²) in [7, 11) is 2.12. The zero-order valence-electron chi connectivity index (χ0n) is 11.4. The highest BCUT2D eigenvalue weighted by Crippen LogP contribution is 2.17. The predicted octanol–water partition coefficient (Wildman–Crippen LogP) is 4.65. The molecule has 1 N–H and O–H groups in total. The van der Waals surface area contributed by atoms with Crippen molar-refractivity contribution in [3.63, 3.8) is 0 Å². The van der Waals surface area contributed by atoms with E-state index in [1.807, 2.05) is 30.3 Å². The van der Waals surface area contributed by atoms with E-state index in [1.165, 1.54) is 5.56 Å². The van der Waals surface area contributed by atoms with E-state index >= 15 is 0 Å². The SMILES string of the molecule is CN(CCNc1cccc(Cl)c1)Cc1ccccc1Br. The lowest BCUT2D eigenvalue weighted by molar-refractivity contribution is 0.339. The van der Waals surface area contributed by atoms with Crippen LogP contribution in [0.3, 0.4) is 0 Å². The van der Waals surface area contributed by atoms with Crippen LogP contribution in [0.4, 0.5) is 5.69 Å². The van der Waals surface area contributed by atoms with Gasteiger partial charge in [-0.1, -0.05) is 51.8 Å². The van der Waals surface area contributed by atoms with Gasteiger partial charge in [-0.2, -0.15) is 0 Å². The van der Waals surface area contributed by atoms with Crippen LogP contribution in [-0.4, -0.2) is 25.0 Å². The van der Waals surface area contributed by atoms with Crippen molar-refractivity contribution in [2.24, 2.45) is 0 Å². The summed E-state index contributed by atoms with van der Waals surface area (Å²) in [6, 6.07) is 16.1. The van der Waals surface area contributed by atoms with E-state index in [-0.39, 0.29) is 0 Å². The molecule has 0 aliphatic rings. The standard InChI is InChI=1S/C16H18BrClN2/c1-20(12-13-5-2-3-8-16(13)17)10-9-19-15-7-4-6-14(18)11-15/h2-8,11,19H,9-10,12H2,1H3. The molecule has 20 heavy (non-hydrogen) atoms. The minimum atomic E-state index is 0.761. The first-order valence-electron chi connectivity index (χ1n) is 6.56. The predicted molar refractivity (Wildman–Crippen MR) is 90.4 cm³/mol. The molecule has 106 valence electrons. The summed E-state index contributed by atoms with van der Waals surface area (Å²) in [6.07, 6.45) is 0. The summed E-state index contributed by atoms with van der Waals surface area (Å²) in [6.45, 7) is 2.79. The summed E-state index contributed by atoms with van der Waals surface area (Å²) in [5.74, 6) is 0. The topological polar surface area (TPSA) is 15.3 Å². The van der Waals surface area contributed by atoms with Gasteiger partial charge < -0.3 is 10.2 Å². The fourth-order valence-electron chi connectivity index (χ4n) is 1.99. The average molecular weight is 354 g/mol. The quantitative estimate of drug-likeness (QED) is 0.813. The first-order valence-corrected chi connectivity index (χ1v) is 7.73. The number of benzene rings is 2. The molecule has 0 fully saturated rings. The van der Waals surface area contributed by atoms with Crippen LogP contribution in [-0.2, 0) is 6.54 Å². The van der Waals surface area contributed by atoms with E-state index in [0.29, 0.717) is 0 Å². The Labute approximate surface area is 133 Å². The van der Waals surface area contributed by atoms with E-state index in [4.69, 9.17) is 11.6 Å². The van der Waals surface area contributed by atoms with Crippen molar-refractivity contribution in [3.8, 4) is 0 Å². The van der Waals surface area contributed by atoms with Gasteiger partial charge in [-0.15, -0.1) is 0 Å². The number of nitrogens with zero attached hydrogens (tertiary/aromatic N) is 1. The minimum absolute atomic E-state index is 0.761. The first-order chi connectivity index (χ1) is 9.65. The third-order valence-electron chi connectivity index (χ3n) is 3.05. The van der Waals surface area contributed by atoms with Gasteiger partial charge in [0.25, 0.3) is 0 Å². The second kappa shape index (κ2) is 7.67. The van der Waals surface area contributed by atoms with Gasteiger partial charge in [0.2, 0.25) is 0 Å². The first kappa shape index (κ1) is 15.4. The maximum atomic E-state index is 5.96. The monoisotopic (exact) mass is 352 g/mol. The highest BCUT2D eigenvalue weighted by atomic mass is 79.9. The van der Waals surface area contributed by atoms with Gasteiger partial charge in [-0.25, -0.2) is 0 Å². The van der Waals surface area contributed by atoms with Gasteiger partial charge in [0.15, 0.2) is 0 Å². The van der Waals surface area contributed by atoms with Crippen molar-refractivity contribution in [2.75, 3.05) is 25.5 Å². The lowest BCUT2D eigenvalue weighted by Crippen LogP contribution is -2.24. The number of hydrogen-bond acceptors (Lipinski definition) is 2. The maximum absolute atomic E-state index is 5.96. The van der Waals surface area contributed by atoms with Crippen LogP contribution in [0, 0.1) is 0 Å². The number of likely N-dealkylation sites (N-methyl/N-ethyl adjacent to an activating group) is 1. The molecule has 0 spiro atoms. The summed E-state index contributed by atoms with van der Waals surface area (Å²) in [4.78, 5) is 2.29. The lowest BCUT2D eigenvalue weighted by Gasteiger charge is -2.18. The van der Waals surface area contributed by atoms with Gasteiger partial charge in [0.05, 0.1) is 0 Å². The van der Waals surface area contributed by atoms with Crippen LogP contribution in [0.25, 0.3) is 0 Å². The third-order valence-corrected chi connectivity index (χ3v) is 4.05. The molecule has 0 aromatic heterocycles. The summed E-state index contributed by atoms with van der Waals surface area (Å²) >= 11 is 9.54. The molecule has 0 bridgehead atoms. The van der Waals surface area contributed by atoms with E-state index in [0.717, 1.165) is 34.8 Å². The van der Waals surface area contributed by atoms with E-state index < -0.39 is 0 Å². The van der Waals surface area contributed by atoms with E-state index in [1.54, 1.807) is 0 Å². The number of anilines is 1. The molecule has 2 rings (SSSR count). The van der Waals surface area contributed by atoms with Crippen molar-refractivity contribution < 1.29 is 0 Å². The number of hydrogen-bond donors (Lipinski definition) is 1. The van der Waals surface area contributed by atoms with Crippen LogP contribution in [0.1, 0.15) is 5.56 Å². The maximum Gasteiger partial charge on any atom is 0.0426 e. The van der Waals surface area contributed by atoms with Crippen LogP contribution < -0.4 is 5.32 Å². The van der Waals surface area contributed by atoms with Crippen LogP contribution >= 0.6 is 27.5 Å². The summed E-state index contributed by atoms with van der Waals surface area (Å²) < 4.78 is 1.16. The van der Waals surface area contributed by atoms with Gasteiger partial charge in [0.1, 0.15) is 0 Å². The Morgan fingerprint density at radius 1 is 1.15 bits per heavy atom. The molecule has 4 heteroatoms. The second-order valence-electron chi connectivity index (χ2n) is 4.77. The number of nitrogens with one attached hydrogen (secondary N) is 1. The molecule has 0 heterocycles. The van der Waals surface area contributed by atoms with Crippen LogP contribution in [0.2, 0.25) is 5.02 Å². The molecule has 0 saturated carbocycles. The molecule has 0 amide bonds. The van der Waals surface area contributed by atoms with Gasteiger partial charge >= 0.3 is 0 Å². The Balaban J connectivity index is 1.78. The molecule has 0 unspecified atom stereocenters. The summed E-state index contributed by atoms with van der Waals surface area (Å²) in [5, 5.41) is 4.14. The Morgan fingerprint density at radius 2 is 1.95 bits per heavy atom. The highest BCUT2D eigenvalue weighted by molar-refractivity contribution is 9.10. The molecule has 2 aromatic rings. The van der Waals surface area contributed by atoms with E-state index in [2.05, 4.69) is 51.4 Å². The zero-order valence-corrected chi connectivity index (χ0v) is 13.8. The van der Waals surface area contributed by atoms with Crippen molar-refractivity contribution in [2.45, 2.75) is 6.54 Å². The van der Waals surface area contributed by atoms with Gasteiger partial charge in [-0.05, 0) is 36.9 Å². The largest absolute Gasteiger partial charge is 0.384 e. The Morgan fingerprint density at radius 3 is 2.70 bits per heavy atom. The van der Waals surface area contributed by atoms with Crippen molar-refractivity contribution in [1.82, 2.24) is 4.90 Å². The van der Waals surface area contributed by atoms with Gasteiger partial charge in [-0.3, -0.25) is 0 Å². The molecule has 0 aliphatic carbocycles. The fourth-order valence-corrected chi connectivity index (χ4v) is 2.59. The molecule has 0 atom stereocenters. The zero-order chi connectivity index (χ0) is 14.4. The molecule has 2 aromatic carbocycles. The van der Waals surface area contributed by atoms with Crippen molar-refractivity contribution in [3.05, 3.63) is 63.6 Å². The number of rotatable bonds is 6. The van der Waals surface area contributed by atoms with Crippen LogP contribution in [0.5, 0.6) is 0 Å². The average Bonchev–Trinajstić information content (AvgIpc) is 2.41. The highest BCUT2D eigenvalue weighted by Gasteiger charge is 2.03. The fraction of sp³-hybridized carbons (Fsp3) is 0.250. The second-order valence-corrected chi connectivity index (χ2v) is 6.06. The molecular weight excluding hydrogens is 336 g/mol. The Bertz CT molecular complexity index is 560. The smallest absolute Gasteiger partial charge is 0.0426 e. The molecule has 0 aliphatic heterocycles. The Kier molecular flexibility index (Phi) is 5.89. The van der Waals surface area contributed by atoms with Crippen molar-refractivity contribution >= 4 is 33.2 Å². The van der Waals surface area contributed by atoms with Gasteiger partial charge in [0, 0.05) is 34.8 Å². The molecule has 0 radical (unpaired) electrons. The van der Waals surface area contributed by atoms with E-state index in [9.17, 15) is 0 Å². The third kappa shape index (κ3) is 4.82. The number of halogens is 2. The molecular formula is C16H18BrClN2. The van der Waals surface area contributed by atoms with Crippen molar-refractivity contribution in [1.29, 1.82) is 0 Å². The van der Waals surface area contributed by atoms with Crippen LogP contribution in [0.15, 0.2) is 53.0 Å². The summed E-state index contributed by atoms with van der Waals surface area (Å²) in [5.41, 5.74) is 2.37.